The van der Waals surface area contributed by atoms with Crippen LogP contribution in [0.2, 0.25) is 0 Å². The predicted molar refractivity (Wildman–Crippen MR) is 74.7 cm³/mol. The van der Waals surface area contributed by atoms with E-state index in [9.17, 15) is 23.1 Å². The first-order chi connectivity index (χ1) is 10.0. The molecule has 6 nitrogen and oxygen atoms in total. The van der Waals surface area contributed by atoms with Crippen molar-refractivity contribution in [2.75, 3.05) is 0 Å². The van der Waals surface area contributed by atoms with Crippen molar-refractivity contribution in [3.8, 4) is 0 Å². The molecule has 0 spiro atoms. The highest BCUT2D eigenvalue weighted by Gasteiger charge is 2.62. The SMILES string of the molecule is CC1=NN(C(=O)[C@H](C)Cn2cc(Br)cn2)[C@@](O)(C(F)(F)F)C1. The zero-order chi connectivity index (χ0) is 16.7. The minimum Gasteiger partial charge on any atom is -0.362 e. The average molecular weight is 383 g/mol. The molecular weight excluding hydrogens is 369 g/mol. The number of alkyl halides is 3. The number of halogens is 4. The van der Waals surface area contributed by atoms with Crippen molar-refractivity contribution in [2.45, 2.75) is 38.7 Å². The van der Waals surface area contributed by atoms with Gasteiger partial charge in [-0.3, -0.25) is 9.48 Å². The maximum absolute atomic E-state index is 13.1. The van der Waals surface area contributed by atoms with Crippen LogP contribution in [0.1, 0.15) is 20.3 Å². The van der Waals surface area contributed by atoms with Gasteiger partial charge < -0.3 is 5.11 Å². The monoisotopic (exact) mass is 382 g/mol. The first-order valence-corrected chi connectivity index (χ1v) is 7.19. The molecular formula is C12H14BrF3N4O2. The third kappa shape index (κ3) is 3.02. The molecule has 1 aromatic rings. The number of hydrogen-bond acceptors (Lipinski definition) is 4. The smallest absolute Gasteiger partial charge is 0.362 e. The highest BCUT2D eigenvalue weighted by molar-refractivity contribution is 9.10. The molecule has 0 unspecified atom stereocenters. The lowest BCUT2D eigenvalue weighted by atomic mass is 10.1. The van der Waals surface area contributed by atoms with Crippen LogP contribution in [0, 0.1) is 5.92 Å². The van der Waals surface area contributed by atoms with Crippen molar-refractivity contribution in [1.29, 1.82) is 0 Å². The Labute approximate surface area is 132 Å². The molecule has 0 saturated heterocycles. The Morgan fingerprint density at radius 1 is 1.59 bits per heavy atom. The topological polar surface area (TPSA) is 70.7 Å². The van der Waals surface area contributed by atoms with Crippen molar-refractivity contribution in [3.05, 3.63) is 16.9 Å². The first-order valence-electron chi connectivity index (χ1n) is 6.40. The Morgan fingerprint density at radius 3 is 2.73 bits per heavy atom. The van der Waals surface area contributed by atoms with Gasteiger partial charge in [-0.05, 0) is 22.9 Å². The fourth-order valence-corrected chi connectivity index (χ4v) is 2.51. The summed E-state index contributed by atoms with van der Waals surface area (Å²) in [7, 11) is 0. The molecule has 2 atom stereocenters. The molecule has 2 heterocycles. The number of rotatable bonds is 3. The molecule has 0 saturated carbocycles. The van der Waals surface area contributed by atoms with Crippen molar-refractivity contribution >= 4 is 27.5 Å². The number of amides is 1. The Balaban J connectivity index is 2.19. The van der Waals surface area contributed by atoms with Gasteiger partial charge in [-0.15, -0.1) is 0 Å². The summed E-state index contributed by atoms with van der Waals surface area (Å²) >= 11 is 3.19. The van der Waals surface area contributed by atoms with E-state index in [0.29, 0.717) is 4.47 Å². The number of hydrogen-bond donors (Lipinski definition) is 1. The van der Waals surface area contributed by atoms with Crippen LogP contribution in [0.3, 0.4) is 0 Å². The molecule has 22 heavy (non-hydrogen) atoms. The molecule has 1 aliphatic heterocycles. The lowest BCUT2D eigenvalue weighted by Gasteiger charge is -2.33. The number of carbonyl (C=O) groups is 1. The Morgan fingerprint density at radius 2 is 2.23 bits per heavy atom. The lowest BCUT2D eigenvalue weighted by molar-refractivity contribution is -0.303. The summed E-state index contributed by atoms with van der Waals surface area (Å²) in [5.74, 6) is -1.75. The summed E-state index contributed by atoms with van der Waals surface area (Å²) in [6, 6.07) is 0. The molecule has 2 rings (SSSR count). The fraction of sp³-hybridized carbons (Fsp3) is 0.583. The number of carbonyl (C=O) groups excluding carboxylic acids is 1. The average Bonchev–Trinajstić information content (AvgIpc) is 2.92. The van der Waals surface area contributed by atoms with Crippen LogP contribution < -0.4 is 0 Å². The molecule has 1 amide bonds. The zero-order valence-corrected chi connectivity index (χ0v) is 13.4. The van der Waals surface area contributed by atoms with Crippen LogP contribution in [0.5, 0.6) is 0 Å². The van der Waals surface area contributed by atoms with Gasteiger partial charge in [0.1, 0.15) is 0 Å². The molecule has 0 radical (unpaired) electrons. The van der Waals surface area contributed by atoms with Gasteiger partial charge in [0.25, 0.3) is 5.72 Å². The van der Waals surface area contributed by atoms with Crippen LogP contribution in [-0.2, 0) is 11.3 Å². The van der Waals surface area contributed by atoms with Gasteiger partial charge in [0.15, 0.2) is 0 Å². The fourth-order valence-electron chi connectivity index (χ4n) is 2.18. The van der Waals surface area contributed by atoms with Crippen molar-refractivity contribution in [1.82, 2.24) is 14.8 Å². The summed E-state index contributed by atoms with van der Waals surface area (Å²) in [6.45, 7) is 2.86. The van der Waals surface area contributed by atoms with E-state index in [-0.39, 0.29) is 17.3 Å². The summed E-state index contributed by atoms with van der Waals surface area (Å²) < 4.78 is 41.4. The maximum Gasteiger partial charge on any atom is 0.438 e. The maximum atomic E-state index is 13.1. The van der Waals surface area contributed by atoms with Crippen molar-refractivity contribution < 1.29 is 23.1 Å². The number of aromatic nitrogens is 2. The van der Waals surface area contributed by atoms with E-state index < -0.39 is 30.1 Å². The molecule has 122 valence electrons. The quantitative estimate of drug-likeness (QED) is 0.870. The highest BCUT2D eigenvalue weighted by Crippen LogP contribution is 2.40. The van der Waals surface area contributed by atoms with Crippen molar-refractivity contribution in [3.63, 3.8) is 0 Å². The highest BCUT2D eigenvalue weighted by atomic mass is 79.9. The van der Waals surface area contributed by atoms with E-state index in [1.165, 1.54) is 24.7 Å². The second kappa shape index (κ2) is 5.65. The number of nitrogens with zero attached hydrogens (tertiary/aromatic N) is 4. The molecule has 10 heteroatoms. The molecule has 1 N–H and O–H groups in total. The van der Waals surface area contributed by atoms with Gasteiger partial charge in [0, 0.05) is 18.3 Å². The minimum absolute atomic E-state index is 0.0437. The van der Waals surface area contributed by atoms with Crippen LogP contribution >= 0.6 is 15.9 Å². The molecule has 0 aromatic carbocycles. The van der Waals surface area contributed by atoms with E-state index in [1.807, 2.05) is 0 Å². The third-order valence-corrected chi connectivity index (χ3v) is 3.68. The molecule has 0 bridgehead atoms. The standard InChI is InChI=1S/C12H14BrF3N4O2/c1-7(5-19-6-9(13)4-17-19)10(21)20-11(22,12(14,15)16)3-8(2)18-20/h4,6-7,22H,3,5H2,1-2H3/t7-,11+/m1/s1. The Bertz CT molecular complexity index is 616. The van der Waals surface area contributed by atoms with Crippen molar-refractivity contribution in [2.24, 2.45) is 11.0 Å². The van der Waals surface area contributed by atoms with Gasteiger partial charge in [-0.25, -0.2) is 0 Å². The van der Waals surface area contributed by atoms with Crippen LogP contribution in [0.25, 0.3) is 0 Å². The summed E-state index contributed by atoms with van der Waals surface area (Å²) in [5.41, 5.74) is -3.24. The molecule has 0 aliphatic carbocycles. The lowest BCUT2D eigenvalue weighted by Crippen LogP contribution is -2.57. The summed E-state index contributed by atoms with van der Waals surface area (Å²) in [5, 5.41) is 17.5. The van der Waals surface area contributed by atoms with Gasteiger partial charge >= 0.3 is 6.18 Å². The minimum atomic E-state index is -4.99. The Kier molecular flexibility index (Phi) is 4.35. The number of hydrazone groups is 1. The van der Waals surface area contributed by atoms with Gasteiger partial charge in [-0.2, -0.15) is 28.4 Å². The van der Waals surface area contributed by atoms with Gasteiger partial charge in [-0.1, -0.05) is 6.92 Å². The van der Waals surface area contributed by atoms with Crippen LogP contribution in [0.4, 0.5) is 13.2 Å². The van der Waals surface area contributed by atoms with E-state index in [4.69, 9.17) is 0 Å². The normalized spacial score (nSPS) is 23.6. The Hall–Kier alpha value is -1.42. The zero-order valence-electron chi connectivity index (χ0n) is 11.8. The van der Waals surface area contributed by atoms with E-state index in [0.717, 1.165) is 0 Å². The van der Waals surface area contributed by atoms with Gasteiger partial charge in [0.2, 0.25) is 5.91 Å². The number of aliphatic hydroxyl groups is 1. The van der Waals surface area contributed by atoms with Crippen LogP contribution in [-0.4, -0.2) is 43.4 Å². The summed E-state index contributed by atoms with van der Waals surface area (Å²) in [4.78, 5) is 12.3. The second-order valence-corrected chi connectivity index (χ2v) is 6.17. The molecule has 1 aromatic heterocycles. The molecule has 0 fully saturated rings. The van der Waals surface area contributed by atoms with Crippen LogP contribution in [0.15, 0.2) is 22.0 Å². The van der Waals surface area contributed by atoms with E-state index in [1.54, 1.807) is 6.20 Å². The summed E-state index contributed by atoms with van der Waals surface area (Å²) in [6.07, 6.45) is -2.64. The van der Waals surface area contributed by atoms with E-state index >= 15 is 0 Å². The van der Waals surface area contributed by atoms with E-state index in [2.05, 4.69) is 26.1 Å². The second-order valence-electron chi connectivity index (χ2n) is 5.26. The predicted octanol–water partition coefficient (Wildman–Crippen LogP) is 2.14. The first kappa shape index (κ1) is 16.9. The largest absolute Gasteiger partial charge is 0.438 e. The van der Waals surface area contributed by atoms with Gasteiger partial charge in [0.05, 0.1) is 23.1 Å². The molecule has 1 aliphatic rings. The third-order valence-electron chi connectivity index (χ3n) is 3.27.